The number of hydrogen-bond donors (Lipinski definition) is 2. The smallest absolute Gasteiger partial charge is 0.235 e. The lowest BCUT2D eigenvalue weighted by Crippen LogP contribution is -2.47. The molecule has 4 aromatic heterocycles. The van der Waals surface area contributed by atoms with Gasteiger partial charge in [-0.3, -0.25) is 24.5 Å². The highest BCUT2D eigenvalue weighted by Gasteiger charge is 2.32. The fourth-order valence-corrected chi connectivity index (χ4v) is 8.30. The summed E-state index contributed by atoms with van der Waals surface area (Å²) in [6.07, 6.45) is 4.59. The van der Waals surface area contributed by atoms with Gasteiger partial charge in [-0.2, -0.15) is 5.10 Å². The summed E-state index contributed by atoms with van der Waals surface area (Å²) in [5.41, 5.74) is 6.00. The summed E-state index contributed by atoms with van der Waals surface area (Å²) < 4.78 is 17.8. The lowest BCUT2D eigenvalue weighted by Gasteiger charge is -2.35. The molecule has 9 rings (SSSR count). The highest BCUT2D eigenvalue weighted by molar-refractivity contribution is 6.03. The second kappa shape index (κ2) is 14.2. The number of hydrogen-bond acceptors (Lipinski definition) is 10. The molecular formula is C40H42FN11O2. The number of rotatable bonds is 9. The van der Waals surface area contributed by atoms with Crippen LogP contribution in [0.25, 0.3) is 27.9 Å². The average Bonchev–Trinajstić information content (AvgIpc) is 3.93. The van der Waals surface area contributed by atoms with Crippen LogP contribution in [0.1, 0.15) is 48.9 Å². The largest absolute Gasteiger partial charge is 0.382 e. The maximum absolute atomic E-state index is 14.1. The van der Waals surface area contributed by atoms with Crippen LogP contribution in [-0.4, -0.2) is 91.9 Å². The number of amides is 2. The average molecular weight is 728 g/mol. The highest BCUT2D eigenvalue weighted by atomic mass is 19.1. The van der Waals surface area contributed by atoms with Crippen molar-refractivity contribution in [2.24, 2.45) is 7.05 Å². The first-order chi connectivity index (χ1) is 26.4. The van der Waals surface area contributed by atoms with Crippen molar-refractivity contribution < 1.29 is 14.0 Å². The predicted molar refractivity (Wildman–Crippen MR) is 205 cm³/mol. The number of fused-ring (bicyclic) bond motifs is 2. The van der Waals surface area contributed by atoms with Gasteiger partial charge >= 0.3 is 0 Å². The quantitative estimate of drug-likeness (QED) is 0.198. The molecule has 7 heterocycles. The van der Waals surface area contributed by atoms with Crippen LogP contribution >= 0.6 is 0 Å². The van der Waals surface area contributed by atoms with Crippen molar-refractivity contribution in [2.45, 2.75) is 37.6 Å². The number of imidazole rings is 1. The second-order valence-electron chi connectivity index (χ2n) is 14.4. The van der Waals surface area contributed by atoms with Crippen molar-refractivity contribution in [3.63, 3.8) is 0 Å². The fraction of sp³-hybridized carbons (Fsp3) is 0.350. The summed E-state index contributed by atoms with van der Waals surface area (Å²) in [6.45, 7) is 6.02. The number of piperazine rings is 1. The Morgan fingerprint density at radius 3 is 2.61 bits per heavy atom. The molecule has 54 heavy (non-hydrogen) atoms. The van der Waals surface area contributed by atoms with Gasteiger partial charge in [0.15, 0.2) is 5.65 Å². The Bertz CT molecular complexity index is 2370. The molecule has 276 valence electrons. The van der Waals surface area contributed by atoms with Gasteiger partial charge in [-0.15, -0.1) is 5.10 Å². The number of nitrogens with zero attached hydrogens (tertiary/aromatic N) is 9. The zero-order chi connectivity index (χ0) is 36.8. The first kappa shape index (κ1) is 33.9. The SMILES string of the molecule is Cn1nc(C2CCC(=O)NC2=O)c2cccc(NCCN3CCN(c4cccc(-c5cnc6ccc(N7CCC[C@@H]7c7cccc(F)c7)nn56)n4)CC3)c21. The molecule has 0 radical (unpaired) electrons. The molecule has 0 saturated carbocycles. The Hall–Kier alpha value is -5.89. The van der Waals surface area contributed by atoms with E-state index in [2.05, 4.69) is 36.4 Å². The van der Waals surface area contributed by atoms with Crippen molar-refractivity contribution in [3.8, 4) is 11.4 Å². The second-order valence-corrected chi connectivity index (χ2v) is 14.4. The summed E-state index contributed by atoms with van der Waals surface area (Å²) in [4.78, 5) is 41.1. The van der Waals surface area contributed by atoms with Crippen LogP contribution in [0, 0.1) is 5.82 Å². The van der Waals surface area contributed by atoms with Crippen molar-refractivity contribution in [2.75, 3.05) is 60.9 Å². The molecule has 0 aliphatic carbocycles. The highest BCUT2D eigenvalue weighted by Crippen LogP contribution is 2.36. The molecule has 3 saturated heterocycles. The van der Waals surface area contributed by atoms with E-state index >= 15 is 0 Å². The van der Waals surface area contributed by atoms with E-state index in [-0.39, 0.29) is 23.7 Å². The van der Waals surface area contributed by atoms with Crippen LogP contribution in [0.4, 0.5) is 21.7 Å². The third kappa shape index (κ3) is 6.40. The lowest BCUT2D eigenvalue weighted by atomic mass is 9.92. The van der Waals surface area contributed by atoms with E-state index in [1.165, 1.54) is 6.07 Å². The molecule has 14 heteroatoms. The normalized spacial score (nSPS) is 19.6. The third-order valence-corrected chi connectivity index (χ3v) is 11.0. The Morgan fingerprint density at radius 2 is 1.76 bits per heavy atom. The minimum atomic E-state index is -0.431. The topological polar surface area (TPSA) is 129 Å². The van der Waals surface area contributed by atoms with Crippen LogP contribution in [0.3, 0.4) is 0 Å². The van der Waals surface area contributed by atoms with Crippen molar-refractivity contribution in [1.82, 2.24) is 39.6 Å². The Labute approximate surface area is 311 Å². The molecule has 3 aliphatic rings. The van der Waals surface area contributed by atoms with Crippen molar-refractivity contribution >= 4 is 45.7 Å². The zero-order valence-corrected chi connectivity index (χ0v) is 30.2. The van der Waals surface area contributed by atoms with Gasteiger partial charge < -0.3 is 15.1 Å². The van der Waals surface area contributed by atoms with Crippen LogP contribution in [0.15, 0.2) is 79.0 Å². The van der Waals surface area contributed by atoms with E-state index in [0.717, 1.165) is 115 Å². The number of piperidine rings is 1. The van der Waals surface area contributed by atoms with E-state index in [9.17, 15) is 14.0 Å². The predicted octanol–water partition coefficient (Wildman–Crippen LogP) is 4.91. The van der Waals surface area contributed by atoms with Gasteiger partial charge in [0, 0.05) is 64.7 Å². The monoisotopic (exact) mass is 727 g/mol. The van der Waals surface area contributed by atoms with E-state index < -0.39 is 5.92 Å². The molecule has 2 amide bonds. The van der Waals surface area contributed by atoms with Crippen LogP contribution in [0.2, 0.25) is 0 Å². The van der Waals surface area contributed by atoms with E-state index in [0.29, 0.717) is 12.8 Å². The number of aromatic nitrogens is 6. The number of nitrogens with one attached hydrogen (secondary N) is 2. The molecule has 2 N–H and O–H groups in total. The number of carbonyl (C=O) groups is 2. The fourth-order valence-electron chi connectivity index (χ4n) is 8.30. The summed E-state index contributed by atoms with van der Waals surface area (Å²) in [5, 5.41) is 16.8. The molecule has 0 bridgehead atoms. The summed E-state index contributed by atoms with van der Waals surface area (Å²) in [6, 6.07) is 23.1. The van der Waals surface area contributed by atoms with Crippen LogP contribution in [0.5, 0.6) is 0 Å². The number of imide groups is 1. The zero-order valence-electron chi connectivity index (χ0n) is 30.2. The number of carbonyl (C=O) groups excluding carboxylic acids is 2. The number of benzene rings is 2. The Morgan fingerprint density at radius 1 is 0.907 bits per heavy atom. The van der Waals surface area contributed by atoms with Gasteiger partial charge in [0.25, 0.3) is 0 Å². The van der Waals surface area contributed by atoms with E-state index in [1.54, 1.807) is 12.1 Å². The van der Waals surface area contributed by atoms with Gasteiger partial charge in [0.05, 0.1) is 40.7 Å². The van der Waals surface area contributed by atoms with Gasteiger partial charge in [-0.25, -0.2) is 18.9 Å². The molecule has 0 spiro atoms. The molecule has 13 nitrogen and oxygen atoms in total. The Balaban J connectivity index is 0.842. The standard InChI is InChI=1S/C40H42FN11O2/c1-48-39-28(38(47-48)29-13-16-37(53)45-40(29)54)8-3-10-31(39)42-17-19-49-20-22-50(23-21-49)35-12-4-9-30(44-35)33-25-43-34-14-15-36(46-52(33)34)51-18-5-11-32(51)26-6-2-7-27(41)24-26/h2-4,6-10,12,14-15,24-25,29,32,42H,5,11,13,16-23H2,1H3,(H,45,53,54)/t29?,32-/m1/s1. The van der Waals surface area contributed by atoms with Gasteiger partial charge in [-0.1, -0.05) is 30.3 Å². The summed E-state index contributed by atoms with van der Waals surface area (Å²) >= 11 is 0. The molecule has 2 aromatic carbocycles. The number of para-hydroxylation sites is 1. The maximum Gasteiger partial charge on any atom is 0.235 e. The first-order valence-electron chi connectivity index (χ1n) is 18.7. The Kier molecular flexibility index (Phi) is 8.89. The van der Waals surface area contributed by atoms with E-state index in [1.807, 2.05) is 71.0 Å². The van der Waals surface area contributed by atoms with Gasteiger partial charge in [0.2, 0.25) is 11.8 Å². The molecule has 3 aliphatic heterocycles. The summed E-state index contributed by atoms with van der Waals surface area (Å²) in [7, 11) is 1.90. The first-order valence-corrected chi connectivity index (χ1v) is 18.7. The lowest BCUT2D eigenvalue weighted by molar-refractivity contribution is -0.134. The van der Waals surface area contributed by atoms with E-state index in [4.69, 9.17) is 15.2 Å². The number of anilines is 3. The van der Waals surface area contributed by atoms with Crippen LogP contribution in [-0.2, 0) is 16.6 Å². The van der Waals surface area contributed by atoms with Crippen molar-refractivity contribution in [3.05, 3.63) is 96.1 Å². The molecule has 2 atom stereocenters. The molecule has 6 aromatic rings. The summed E-state index contributed by atoms with van der Waals surface area (Å²) in [5.74, 6) is 0.613. The minimum Gasteiger partial charge on any atom is -0.382 e. The van der Waals surface area contributed by atoms with Crippen molar-refractivity contribution in [1.29, 1.82) is 0 Å². The third-order valence-electron chi connectivity index (χ3n) is 11.0. The van der Waals surface area contributed by atoms with Crippen LogP contribution < -0.4 is 20.4 Å². The maximum atomic E-state index is 14.1. The number of aryl methyl sites for hydroxylation is 1. The van der Waals surface area contributed by atoms with Gasteiger partial charge in [0.1, 0.15) is 23.1 Å². The molecule has 3 fully saturated rings. The molecular weight excluding hydrogens is 686 g/mol. The number of pyridine rings is 1. The number of halogens is 1. The minimum absolute atomic E-state index is 0.0731. The molecule has 1 unspecified atom stereocenters. The van der Waals surface area contributed by atoms with Gasteiger partial charge in [-0.05, 0) is 67.3 Å².